The van der Waals surface area contributed by atoms with E-state index < -0.39 is 6.04 Å². The van der Waals surface area contributed by atoms with Gasteiger partial charge in [0.25, 0.3) is 5.91 Å². The van der Waals surface area contributed by atoms with Crippen molar-refractivity contribution < 1.29 is 14.3 Å². The molecule has 0 saturated carbocycles. The highest BCUT2D eigenvalue weighted by atomic mass is 35.5. The van der Waals surface area contributed by atoms with E-state index in [9.17, 15) is 9.59 Å². The summed E-state index contributed by atoms with van der Waals surface area (Å²) in [5, 5.41) is 3.89. The molecule has 1 atom stereocenters. The van der Waals surface area contributed by atoms with Gasteiger partial charge in [-0.3, -0.25) is 9.59 Å². The van der Waals surface area contributed by atoms with Gasteiger partial charge in [-0.1, -0.05) is 84.7 Å². The minimum absolute atomic E-state index is 0.142. The second-order valence-electron chi connectivity index (χ2n) is 8.31. The van der Waals surface area contributed by atoms with Crippen molar-refractivity contribution in [3.05, 3.63) is 99.5 Å². The van der Waals surface area contributed by atoms with E-state index in [1.165, 1.54) is 0 Å². The number of rotatable bonds is 11. The highest BCUT2D eigenvalue weighted by Gasteiger charge is 2.31. The van der Waals surface area contributed by atoms with Crippen molar-refractivity contribution in [1.82, 2.24) is 10.2 Å². The molecule has 3 rings (SSSR count). The topological polar surface area (TPSA) is 58.6 Å². The van der Waals surface area contributed by atoms with Crippen LogP contribution in [0, 0.1) is 6.92 Å². The normalized spacial score (nSPS) is 11.5. The van der Waals surface area contributed by atoms with Crippen LogP contribution in [0.1, 0.15) is 30.0 Å². The molecule has 1 N–H and O–H groups in total. The van der Waals surface area contributed by atoms with Gasteiger partial charge in [0.2, 0.25) is 5.91 Å². The van der Waals surface area contributed by atoms with E-state index in [1.54, 1.807) is 23.1 Å². The number of para-hydroxylation sites is 1. The van der Waals surface area contributed by atoms with Crippen LogP contribution >= 0.6 is 23.2 Å². The Balaban J connectivity index is 1.93. The second kappa shape index (κ2) is 13.2. The van der Waals surface area contributed by atoms with Crippen molar-refractivity contribution in [3.63, 3.8) is 0 Å². The van der Waals surface area contributed by atoms with Crippen LogP contribution < -0.4 is 10.1 Å². The standard InChI is InChI=1S/C28H30Cl2N2O3/c1-3-15-31-28(34)25(16-21-10-5-4-6-11-21)32(18-22-13-14-23(29)17-24(22)30)27(33)19-35-26-12-8-7-9-20(26)2/h4-14,17,25H,3,15-16,18-19H2,1-2H3,(H,31,34)/t25-/m1/s1. The average Bonchev–Trinajstić information content (AvgIpc) is 2.85. The third kappa shape index (κ3) is 7.74. The Bertz CT molecular complexity index is 1140. The number of halogens is 2. The molecule has 0 radical (unpaired) electrons. The zero-order chi connectivity index (χ0) is 25.2. The van der Waals surface area contributed by atoms with E-state index in [0.29, 0.717) is 34.3 Å². The van der Waals surface area contributed by atoms with Gasteiger partial charge in [-0.2, -0.15) is 0 Å². The number of hydrogen-bond acceptors (Lipinski definition) is 3. The van der Waals surface area contributed by atoms with Gasteiger partial charge in [-0.15, -0.1) is 0 Å². The summed E-state index contributed by atoms with van der Waals surface area (Å²) in [5.41, 5.74) is 2.57. The summed E-state index contributed by atoms with van der Waals surface area (Å²) in [4.78, 5) is 28.4. The lowest BCUT2D eigenvalue weighted by molar-refractivity contribution is -0.142. The molecule has 3 aromatic rings. The highest BCUT2D eigenvalue weighted by Crippen LogP contribution is 2.24. The van der Waals surface area contributed by atoms with Crippen molar-refractivity contribution in [1.29, 1.82) is 0 Å². The number of carbonyl (C=O) groups excluding carboxylic acids is 2. The Hall–Kier alpha value is -3.02. The van der Waals surface area contributed by atoms with Crippen LogP contribution in [0.3, 0.4) is 0 Å². The second-order valence-corrected chi connectivity index (χ2v) is 9.15. The SMILES string of the molecule is CCCNC(=O)[C@@H](Cc1ccccc1)N(Cc1ccc(Cl)cc1Cl)C(=O)COc1ccccc1C. The number of benzene rings is 3. The molecule has 0 bridgehead atoms. The smallest absolute Gasteiger partial charge is 0.261 e. The fourth-order valence-electron chi connectivity index (χ4n) is 3.69. The van der Waals surface area contributed by atoms with Crippen LogP contribution in [0.25, 0.3) is 0 Å². The molecule has 184 valence electrons. The summed E-state index contributed by atoms with van der Waals surface area (Å²) >= 11 is 12.5. The Labute approximate surface area is 217 Å². The molecule has 0 heterocycles. The number of nitrogens with one attached hydrogen (secondary N) is 1. The number of carbonyl (C=O) groups is 2. The number of amides is 2. The third-order valence-electron chi connectivity index (χ3n) is 5.62. The molecular weight excluding hydrogens is 483 g/mol. The number of hydrogen-bond donors (Lipinski definition) is 1. The monoisotopic (exact) mass is 512 g/mol. The predicted octanol–water partition coefficient (Wildman–Crippen LogP) is 5.85. The van der Waals surface area contributed by atoms with Gasteiger partial charge in [-0.05, 0) is 48.2 Å². The minimum atomic E-state index is -0.747. The van der Waals surface area contributed by atoms with Gasteiger partial charge in [0.1, 0.15) is 11.8 Å². The van der Waals surface area contributed by atoms with Crippen LogP contribution in [0.15, 0.2) is 72.8 Å². The molecule has 35 heavy (non-hydrogen) atoms. The first kappa shape index (κ1) is 26.6. The molecule has 7 heteroatoms. The fraction of sp³-hybridized carbons (Fsp3) is 0.286. The van der Waals surface area contributed by atoms with E-state index in [4.69, 9.17) is 27.9 Å². The molecule has 3 aromatic carbocycles. The molecule has 0 aliphatic heterocycles. The van der Waals surface area contributed by atoms with Crippen LogP contribution in [-0.2, 0) is 22.6 Å². The summed E-state index contributed by atoms with van der Waals surface area (Å²) in [6.07, 6.45) is 1.15. The maximum atomic E-state index is 13.6. The molecular formula is C28H30Cl2N2O3. The lowest BCUT2D eigenvalue weighted by Crippen LogP contribution is -2.51. The Morgan fingerprint density at radius 1 is 1.00 bits per heavy atom. The lowest BCUT2D eigenvalue weighted by atomic mass is 10.0. The number of nitrogens with zero attached hydrogens (tertiary/aromatic N) is 1. The third-order valence-corrected chi connectivity index (χ3v) is 6.21. The maximum Gasteiger partial charge on any atom is 0.261 e. The van der Waals surface area contributed by atoms with E-state index in [-0.39, 0.29) is 25.0 Å². The average molecular weight is 513 g/mol. The Morgan fingerprint density at radius 3 is 2.40 bits per heavy atom. The largest absolute Gasteiger partial charge is 0.484 e. The van der Waals surface area contributed by atoms with Gasteiger partial charge in [0, 0.05) is 29.6 Å². The number of ether oxygens (including phenoxy) is 1. The summed E-state index contributed by atoms with van der Waals surface area (Å²) in [6, 6.07) is 21.5. The molecule has 0 aliphatic rings. The van der Waals surface area contributed by atoms with Crippen LogP contribution in [0.4, 0.5) is 0 Å². The van der Waals surface area contributed by atoms with Crippen LogP contribution in [-0.4, -0.2) is 35.9 Å². The van der Waals surface area contributed by atoms with Crippen molar-refractivity contribution in [3.8, 4) is 5.75 Å². The molecule has 5 nitrogen and oxygen atoms in total. The molecule has 0 spiro atoms. The van der Waals surface area contributed by atoms with E-state index in [0.717, 1.165) is 17.5 Å². The lowest BCUT2D eigenvalue weighted by Gasteiger charge is -2.31. The summed E-state index contributed by atoms with van der Waals surface area (Å²) in [5.74, 6) is 0.0947. The summed E-state index contributed by atoms with van der Waals surface area (Å²) in [6.45, 7) is 4.36. The molecule has 0 saturated heterocycles. The Morgan fingerprint density at radius 2 is 1.71 bits per heavy atom. The Kier molecular flexibility index (Phi) is 10.0. The quantitative estimate of drug-likeness (QED) is 0.350. The van der Waals surface area contributed by atoms with Crippen molar-refractivity contribution >= 4 is 35.0 Å². The van der Waals surface area contributed by atoms with Gasteiger partial charge in [0.15, 0.2) is 6.61 Å². The van der Waals surface area contributed by atoms with E-state index in [1.807, 2.05) is 68.4 Å². The molecule has 0 aliphatic carbocycles. The van der Waals surface area contributed by atoms with E-state index in [2.05, 4.69) is 5.32 Å². The van der Waals surface area contributed by atoms with Gasteiger partial charge in [-0.25, -0.2) is 0 Å². The molecule has 2 amide bonds. The first-order valence-electron chi connectivity index (χ1n) is 11.6. The number of aryl methyl sites for hydroxylation is 1. The van der Waals surface area contributed by atoms with Crippen molar-refractivity contribution in [2.24, 2.45) is 0 Å². The van der Waals surface area contributed by atoms with E-state index >= 15 is 0 Å². The maximum absolute atomic E-state index is 13.6. The van der Waals surface area contributed by atoms with Crippen molar-refractivity contribution in [2.75, 3.05) is 13.2 Å². The van der Waals surface area contributed by atoms with Crippen LogP contribution in [0.2, 0.25) is 10.0 Å². The zero-order valence-electron chi connectivity index (χ0n) is 20.0. The first-order valence-corrected chi connectivity index (χ1v) is 12.4. The zero-order valence-corrected chi connectivity index (χ0v) is 21.5. The summed E-state index contributed by atoms with van der Waals surface area (Å²) < 4.78 is 5.85. The van der Waals surface area contributed by atoms with Crippen LogP contribution in [0.5, 0.6) is 5.75 Å². The van der Waals surface area contributed by atoms with Crippen molar-refractivity contribution in [2.45, 2.75) is 39.3 Å². The summed E-state index contributed by atoms with van der Waals surface area (Å²) in [7, 11) is 0. The molecule has 0 aromatic heterocycles. The highest BCUT2D eigenvalue weighted by molar-refractivity contribution is 6.35. The fourth-order valence-corrected chi connectivity index (χ4v) is 4.16. The van der Waals surface area contributed by atoms with Gasteiger partial charge >= 0.3 is 0 Å². The molecule has 0 fully saturated rings. The predicted molar refractivity (Wildman–Crippen MR) is 141 cm³/mol. The minimum Gasteiger partial charge on any atom is -0.484 e. The van der Waals surface area contributed by atoms with Gasteiger partial charge in [0.05, 0.1) is 0 Å². The first-order chi connectivity index (χ1) is 16.9. The van der Waals surface area contributed by atoms with Gasteiger partial charge < -0.3 is 15.0 Å². The molecule has 0 unspecified atom stereocenters.